The maximum atomic E-state index is 12.8. The molecular formula is C23H26F3N3O3. The van der Waals surface area contributed by atoms with Gasteiger partial charge in [-0.05, 0) is 23.8 Å². The van der Waals surface area contributed by atoms with E-state index in [0.717, 1.165) is 34.5 Å². The lowest BCUT2D eigenvalue weighted by molar-refractivity contribution is -0.137. The van der Waals surface area contributed by atoms with E-state index in [-0.39, 0.29) is 0 Å². The largest absolute Gasteiger partial charge is 0.493 e. The van der Waals surface area contributed by atoms with Crippen LogP contribution in [-0.2, 0) is 19.3 Å². The third-order valence-electron chi connectivity index (χ3n) is 5.03. The number of nitrogens with one attached hydrogen (secondary N) is 1. The van der Waals surface area contributed by atoms with Gasteiger partial charge in [-0.15, -0.1) is 0 Å². The molecule has 1 N–H and O–H groups in total. The van der Waals surface area contributed by atoms with Crippen molar-refractivity contribution < 1.29 is 27.4 Å². The predicted molar refractivity (Wildman–Crippen MR) is 118 cm³/mol. The lowest BCUT2D eigenvalue weighted by Crippen LogP contribution is -2.19. The number of hydrogen-bond acceptors (Lipinski definition) is 6. The molecule has 0 saturated heterocycles. The Morgan fingerprint density at radius 3 is 2.09 bits per heavy atom. The van der Waals surface area contributed by atoms with E-state index >= 15 is 0 Å². The zero-order valence-corrected chi connectivity index (χ0v) is 18.6. The fourth-order valence-corrected chi connectivity index (χ4v) is 3.49. The number of benzene rings is 2. The lowest BCUT2D eigenvalue weighted by Gasteiger charge is -2.20. The number of methoxy groups -OCH3 is 3. The number of ether oxygens (including phenoxy) is 3. The predicted octanol–water partition coefficient (Wildman–Crippen LogP) is 4.64. The maximum Gasteiger partial charge on any atom is 0.416 e. The number of hydrogen-bond donors (Lipinski definition) is 1. The third kappa shape index (κ3) is 4.83. The summed E-state index contributed by atoms with van der Waals surface area (Å²) in [5.41, 5.74) is 1.68. The first-order chi connectivity index (χ1) is 15.2. The quantitative estimate of drug-likeness (QED) is 0.541. The fraction of sp³-hybridized carbons (Fsp3) is 0.348. The van der Waals surface area contributed by atoms with Gasteiger partial charge in [0.25, 0.3) is 0 Å². The Morgan fingerprint density at radius 1 is 0.906 bits per heavy atom. The van der Waals surface area contributed by atoms with Crippen LogP contribution in [0.5, 0.6) is 17.2 Å². The molecule has 3 rings (SSSR count). The van der Waals surface area contributed by atoms with Crippen molar-refractivity contribution in [1.82, 2.24) is 10.3 Å². The highest BCUT2D eigenvalue weighted by molar-refractivity contribution is 5.92. The number of halogens is 3. The van der Waals surface area contributed by atoms with Crippen LogP contribution >= 0.6 is 0 Å². The molecule has 1 aromatic heterocycles. The van der Waals surface area contributed by atoms with Crippen LogP contribution in [0.25, 0.3) is 10.9 Å². The van der Waals surface area contributed by atoms with Gasteiger partial charge < -0.3 is 24.4 Å². The first kappa shape index (κ1) is 23.5. The van der Waals surface area contributed by atoms with Crippen molar-refractivity contribution in [1.29, 1.82) is 0 Å². The van der Waals surface area contributed by atoms with Crippen molar-refractivity contribution in [2.24, 2.45) is 0 Å². The number of nitrogens with zero attached hydrogens (tertiary/aromatic N) is 2. The second-order valence-corrected chi connectivity index (χ2v) is 7.38. The Bertz CT molecular complexity index is 1080. The molecule has 3 aromatic rings. The van der Waals surface area contributed by atoms with Crippen molar-refractivity contribution >= 4 is 16.7 Å². The van der Waals surface area contributed by atoms with E-state index in [1.54, 1.807) is 27.4 Å². The Morgan fingerprint density at radius 2 is 1.56 bits per heavy atom. The fourth-order valence-electron chi connectivity index (χ4n) is 3.49. The van der Waals surface area contributed by atoms with Crippen LogP contribution in [0.1, 0.15) is 16.7 Å². The standard InChI is InChI=1S/C23H26F3N3O3/c1-29(2)22-15(13-27-12-14-6-8-16(9-7-14)23(24,25)26)10-17-18(28-22)11-19(30-3)21(32-5)20(17)31-4/h6-11,27H,12-13H2,1-5H3. The summed E-state index contributed by atoms with van der Waals surface area (Å²) in [6.07, 6.45) is -4.34. The highest BCUT2D eigenvalue weighted by Crippen LogP contribution is 2.43. The van der Waals surface area contributed by atoms with Crippen molar-refractivity contribution in [2.45, 2.75) is 19.3 Å². The molecule has 0 saturated carbocycles. The average molecular weight is 449 g/mol. The Kier molecular flexibility index (Phi) is 6.98. The first-order valence-corrected chi connectivity index (χ1v) is 9.86. The lowest BCUT2D eigenvalue weighted by atomic mass is 10.1. The molecule has 0 aliphatic carbocycles. The minimum absolute atomic E-state index is 0.409. The van der Waals surface area contributed by atoms with Crippen molar-refractivity contribution in [3.8, 4) is 17.2 Å². The van der Waals surface area contributed by atoms with E-state index in [9.17, 15) is 13.2 Å². The molecule has 1 heterocycles. The van der Waals surface area contributed by atoms with Crippen LogP contribution < -0.4 is 24.4 Å². The third-order valence-corrected chi connectivity index (χ3v) is 5.03. The number of rotatable bonds is 8. The van der Waals surface area contributed by atoms with E-state index < -0.39 is 11.7 Å². The molecule has 32 heavy (non-hydrogen) atoms. The molecule has 0 aliphatic heterocycles. The van der Waals surface area contributed by atoms with Crippen molar-refractivity contribution in [3.63, 3.8) is 0 Å². The Balaban J connectivity index is 1.90. The summed E-state index contributed by atoms with van der Waals surface area (Å²) < 4.78 is 54.7. The number of aromatic nitrogens is 1. The summed E-state index contributed by atoms with van der Waals surface area (Å²) in [7, 11) is 8.44. The zero-order chi connectivity index (χ0) is 23.5. The number of pyridine rings is 1. The van der Waals surface area contributed by atoms with E-state index in [1.807, 2.05) is 25.1 Å². The molecule has 0 radical (unpaired) electrons. The van der Waals surface area contributed by atoms with Gasteiger partial charge in [-0.25, -0.2) is 4.98 Å². The van der Waals surface area contributed by atoms with Gasteiger partial charge in [0, 0.05) is 44.2 Å². The minimum Gasteiger partial charge on any atom is -0.493 e. The molecule has 0 amide bonds. The number of anilines is 1. The Labute approximate surface area is 184 Å². The number of fused-ring (bicyclic) bond motifs is 1. The van der Waals surface area contributed by atoms with Gasteiger partial charge in [0.15, 0.2) is 11.5 Å². The van der Waals surface area contributed by atoms with E-state index in [2.05, 4.69) is 5.32 Å². The van der Waals surface area contributed by atoms with Gasteiger partial charge in [-0.1, -0.05) is 12.1 Å². The molecule has 0 fully saturated rings. The maximum absolute atomic E-state index is 12.8. The second-order valence-electron chi connectivity index (χ2n) is 7.38. The monoisotopic (exact) mass is 449 g/mol. The summed E-state index contributed by atoms with van der Waals surface area (Å²) in [6.45, 7) is 0.862. The molecular weight excluding hydrogens is 423 g/mol. The summed E-state index contributed by atoms with van der Waals surface area (Å²) in [4.78, 5) is 6.68. The molecule has 0 aliphatic rings. The van der Waals surface area contributed by atoms with Crippen LogP contribution in [0.2, 0.25) is 0 Å². The van der Waals surface area contributed by atoms with E-state index in [0.29, 0.717) is 35.9 Å². The van der Waals surface area contributed by atoms with Crippen molar-refractivity contribution in [2.75, 3.05) is 40.3 Å². The van der Waals surface area contributed by atoms with Crippen LogP contribution in [0.3, 0.4) is 0 Å². The van der Waals surface area contributed by atoms with Gasteiger partial charge in [-0.3, -0.25) is 0 Å². The summed E-state index contributed by atoms with van der Waals surface area (Å²) in [5.74, 6) is 2.27. The molecule has 2 aromatic carbocycles. The van der Waals surface area contributed by atoms with E-state index in [1.165, 1.54) is 12.1 Å². The molecule has 6 nitrogen and oxygen atoms in total. The molecule has 9 heteroatoms. The van der Waals surface area contributed by atoms with Gasteiger partial charge in [0.05, 0.1) is 32.4 Å². The summed E-state index contributed by atoms with van der Waals surface area (Å²) in [5, 5.41) is 4.05. The SMILES string of the molecule is COc1cc2nc(N(C)C)c(CNCc3ccc(C(F)(F)F)cc3)cc2c(OC)c1OC. The highest BCUT2D eigenvalue weighted by atomic mass is 19.4. The van der Waals surface area contributed by atoms with E-state index in [4.69, 9.17) is 19.2 Å². The molecule has 0 unspecified atom stereocenters. The molecule has 172 valence electrons. The van der Waals surface area contributed by atoms with Gasteiger partial charge in [0.1, 0.15) is 5.82 Å². The summed E-state index contributed by atoms with van der Waals surface area (Å²) >= 11 is 0. The van der Waals surface area contributed by atoms with Crippen LogP contribution in [0.4, 0.5) is 19.0 Å². The summed E-state index contributed by atoms with van der Waals surface area (Å²) in [6, 6.07) is 8.89. The van der Waals surface area contributed by atoms with Gasteiger partial charge >= 0.3 is 6.18 Å². The van der Waals surface area contributed by atoms with Gasteiger partial charge in [0.2, 0.25) is 5.75 Å². The van der Waals surface area contributed by atoms with Gasteiger partial charge in [-0.2, -0.15) is 13.2 Å². The topological polar surface area (TPSA) is 55.9 Å². The normalized spacial score (nSPS) is 11.5. The zero-order valence-electron chi connectivity index (χ0n) is 18.6. The van der Waals surface area contributed by atoms with Crippen molar-refractivity contribution in [3.05, 3.63) is 53.1 Å². The van der Waals surface area contributed by atoms with Crippen LogP contribution in [-0.4, -0.2) is 40.4 Å². The highest BCUT2D eigenvalue weighted by Gasteiger charge is 2.29. The van der Waals surface area contributed by atoms with Crippen LogP contribution in [0.15, 0.2) is 36.4 Å². The molecule has 0 atom stereocenters. The first-order valence-electron chi connectivity index (χ1n) is 9.86. The van der Waals surface area contributed by atoms with Crippen LogP contribution in [0, 0.1) is 0 Å². The number of alkyl halides is 3. The molecule has 0 bridgehead atoms. The Hall–Kier alpha value is -3.20. The smallest absolute Gasteiger partial charge is 0.416 e. The second kappa shape index (κ2) is 9.52. The average Bonchev–Trinajstić information content (AvgIpc) is 2.76. The molecule has 0 spiro atoms. The minimum atomic E-state index is -4.34.